The first-order valence-electron chi connectivity index (χ1n) is 2.95. The summed E-state index contributed by atoms with van der Waals surface area (Å²) >= 11 is -0.748. The Hall–Kier alpha value is -0.431. The van der Waals surface area contributed by atoms with Crippen LogP contribution in [0.15, 0.2) is 30.3 Å². The SMILES string of the molecule is O=S(=O)([O-])O[Se]c1ccccc1.[NH4+]. The van der Waals surface area contributed by atoms with E-state index in [0.29, 0.717) is 4.46 Å². The van der Waals surface area contributed by atoms with Gasteiger partial charge in [-0.25, -0.2) is 0 Å². The molecular weight excluding hydrogens is 261 g/mol. The fourth-order valence-corrected chi connectivity index (χ4v) is 2.30. The summed E-state index contributed by atoms with van der Waals surface area (Å²) in [5, 5.41) is 0. The Morgan fingerprint density at radius 1 is 1.23 bits per heavy atom. The maximum atomic E-state index is 10.0. The molecule has 0 radical (unpaired) electrons. The molecule has 0 aliphatic heterocycles. The van der Waals surface area contributed by atoms with Gasteiger partial charge in [0.15, 0.2) is 0 Å². The summed E-state index contributed by atoms with van der Waals surface area (Å²) in [6.07, 6.45) is 0. The zero-order valence-corrected chi connectivity index (χ0v) is 9.37. The summed E-state index contributed by atoms with van der Waals surface area (Å²) in [6.45, 7) is 0. The van der Waals surface area contributed by atoms with Gasteiger partial charge in [0.05, 0.1) is 0 Å². The minimum Gasteiger partial charge on any atom is -0.369 e. The number of hydrogen-bond acceptors (Lipinski definition) is 4. The van der Waals surface area contributed by atoms with Crippen LogP contribution < -0.4 is 10.6 Å². The van der Waals surface area contributed by atoms with Crippen molar-refractivity contribution in [3.05, 3.63) is 30.3 Å². The standard InChI is InChI=1S/C6H6O4SSe.H3N/c7-11(8,9)10-12-6-4-2-1-3-5-6;/h1-5H,(H,7,8,9);1H3. The van der Waals surface area contributed by atoms with E-state index in [9.17, 15) is 13.0 Å². The van der Waals surface area contributed by atoms with Gasteiger partial charge in [0.25, 0.3) is 0 Å². The number of hydrogen-bond donors (Lipinski definition) is 1. The van der Waals surface area contributed by atoms with E-state index in [0.717, 1.165) is 0 Å². The minimum absolute atomic E-state index is 0. The molecule has 5 nitrogen and oxygen atoms in total. The van der Waals surface area contributed by atoms with Gasteiger partial charge >= 0.3 is 76.7 Å². The molecule has 0 aromatic heterocycles. The largest absolute Gasteiger partial charge is 0.369 e. The summed E-state index contributed by atoms with van der Waals surface area (Å²) < 4.78 is 34.9. The van der Waals surface area contributed by atoms with Crippen LogP contribution in [0.3, 0.4) is 0 Å². The van der Waals surface area contributed by atoms with Crippen molar-refractivity contribution in [1.29, 1.82) is 0 Å². The van der Waals surface area contributed by atoms with Crippen LogP contribution in [-0.2, 0) is 13.7 Å². The van der Waals surface area contributed by atoms with Crippen molar-refractivity contribution in [3.8, 4) is 0 Å². The third kappa shape index (κ3) is 5.75. The molecule has 4 N–H and O–H groups in total. The quantitative estimate of drug-likeness (QED) is 0.466. The molecule has 0 unspecified atom stereocenters. The third-order valence-corrected chi connectivity index (χ3v) is 3.64. The summed E-state index contributed by atoms with van der Waals surface area (Å²) in [7, 11) is -4.54. The molecule has 0 aliphatic rings. The molecule has 0 heterocycles. The Kier molecular flexibility index (Phi) is 5.16. The first-order chi connectivity index (χ1) is 5.58. The minimum atomic E-state index is -4.54. The molecule has 0 saturated heterocycles. The van der Waals surface area contributed by atoms with Crippen LogP contribution in [0.4, 0.5) is 0 Å². The van der Waals surface area contributed by atoms with Crippen LogP contribution in [0.1, 0.15) is 0 Å². The topological polar surface area (TPSA) is 103 Å². The van der Waals surface area contributed by atoms with Crippen molar-refractivity contribution >= 4 is 30.1 Å². The smallest absolute Gasteiger partial charge is 0.369 e. The van der Waals surface area contributed by atoms with Crippen LogP contribution in [0.25, 0.3) is 0 Å². The van der Waals surface area contributed by atoms with Gasteiger partial charge < -0.3 is 6.15 Å². The van der Waals surface area contributed by atoms with Crippen LogP contribution in [0, 0.1) is 0 Å². The molecule has 7 heteroatoms. The number of benzene rings is 1. The van der Waals surface area contributed by atoms with Crippen molar-refractivity contribution in [3.63, 3.8) is 0 Å². The van der Waals surface area contributed by atoms with E-state index in [-0.39, 0.29) is 6.15 Å². The predicted octanol–water partition coefficient (Wildman–Crippen LogP) is -0.216. The number of rotatable bonds is 3. The number of quaternary nitrogens is 1. The van der Waals surface area contributed by atoms with Crippen molar-refractivity contribution in [1.82, 2.24) is 6.15 Å². The van der Waals surface area contributed by atoms with Gasteiger partial charge in [-0.2, -0.15) is 0 Å². The average molecular weight is 270 g/mol. The Balaban J connectivity index is 0.00000144. The van der Waals surface area contributed by atoms with Crippen molar-refractivity contribution in [2.45, 2.75) is 0 Å². The molecule has 0 fully saturated rings. The van der Waals surface area contributed by atoms with E-state index < -0.39 is 25.7 Å². The molecule has 0 spiro atoms. The van der Waals surface area contributed by atoms with Gasteiger partial charge in [-0.3, -0.25) is 0 Å². The molecule has 0 saturated carbocycles. The molecule has 0 amide bonds. The van der Waals surface area contributed by atoms with E-state index in [1.165, 1.54) is 0 Å². The fraction of sp³-hybridized carbons (Fsp3) is 0. The second kappa shape index (κ2) is 5.33. The second-order valence-corrected chi connectivity index (χ2v) is 5.02. The molecule has 1 rings (SSSR count). The van der Waals surface area contributed by atoms with Crippen molar-refractivity contribution in [2.24, 2.45) is 0 Å². The first kappa shape index (κ1) is 12.6. The molecule has 1 aromatic carbocycles. The van der Waals surface area contributed by atoms with Crippen molar-refractivity contribution < 1.29 is 16.2 Å². The normalized spacial score (nSPS) is 10.5. The fourth-order valence-electron chi connectivity index (χ4n) is 0.557. The molecule has 0 bridgehead atoms. The van der Waals surface area contributed by atoms with Crippen LogP contribution in [0.5, 0.6) is 0 Å². The Morgan fingerprint density at radius 3 is 2.23 bits per heavy atom. The van der Waals surface area contributed by atoms with E-state index in [2.05, 4.69) is 3.27 Å². The molecule has 13 heavy (non-hydrogen) atoms. The van der Waals surface area contributed by atoms with E-state index in [1.54, 1.807) is 30.3 Å². The van der Waals surface area contributed by atoms with Crippen LogP contribution in [0.2, 0.25) is 0 Å². The van der Waals surface area contributed by atoms with Gasteiger partial charge in [-0.05, 0) is 0 Å². The van der Waals surface area contributed by atoms with Gasteiger partial charge in [0, 0.05) is 0 Å². The van der Waals surface area contributed by atoms with Crippen LogP contribution in [-0.4, -0.2) is 28.3 Å². The van der Waals surface area contributed by atoms with Crippen molar-refractivity contribution in [2.75, 3.05) is 0 Å². The van der Waals surface area contributed by atoms with Gasteiger partial charge in [-0.15, -0.1) is 0 Å². The first-order valence-corrected chi connectivity index (χ1v) is 5.84. The maximum absolute atomic E-state index is 10.0. The molecular formula is C6H9NO4SSe. The molecule has 1 aromatic rings. The molecule has 0 aliphatic carbocycles. The van der Waals surface area contributed by atoms with E-state index >= 15 is 0 Å². The monoisotopic (exact) mass is 271 g/mol. The van der Waals surface area contributed by atoms with Crippen LogP contribution >= 0.6 is 0 Å². The third-order valence-electron chi connectivity index (χ3n) is 0.957. The Bertz CT molecular complexity index is 339. The Labute approximate surface area is 83.1 Å². The zero-order valence-electron chi connectivity index (χ0n) is 6.84. The summed E-state index contributed by atoms with van der Waals surface area (Å²) in [5.74, 6) is 0. The summed E-state index contributed by atoms with van der Waals surface area (Å²) in [6, 6.07) is 8.69. The Morgan fingerprint density at radius 2 is 1.77 bits per heavy atom. The predicted molar refractivity (Wildman–Crippen MR) is 48.6 cm³/mol. The average Bonchev–Trinajstić information content (AvgIpc) is 2.02. The molecule has 74 valence electrons. The van der Waals surface area contributed by atoms with Gasteiger partial charge in [0.2, 0.25) is 0 Å². The van der Waals surface area contributed by atoms with Gasteiger partial charge in [-0.1, -0.05) is 0 Å². The second-order valence-electron chi connectivity index (χ2n) is 1.87. The summed E-state index contributed by atoms with van der Waals surface area (Å²) in [5.41, 5.74) is 0. The maximum Gasteiger partial charge on any atom is -0.369 e. The van der Waals surface area contributed by atoms with E-state index in [4.69, 9.17) is 0 Å². The molecule has 0 atom stereocenters. The summed E-state index contributed by atoms with van der Waals surface area (Å²) in [4.78, 5) is 0. The van der Waals surface area contributed by atoms with Gasteiger partial charge in [0.1, 0.15) is 0 Å². The zero-order chi connectivity index (χ0) is 9.03. The van der Waals surface area contributed by atoms with E-state index in [1.807, 2.05) is 0 Å².